The standard InChI is InChI=1S/C30H32FN5O2S/c31-24-7-5-21(6-8-24)19-34-13-15-36(16-14-34)30(38)27-20-39-29(33-27)22-9-11-35(12-10-22)28(37)17-23-18-32-26-4-2-1-3-25(23)26/h1-8,18,20,22,32H,9-17,19H2. The number of piperazine rings is 1. The summed E-state index contributed by atoms with van der Waals surface area (Å²) in [5.41, 5.74) is 3.70. The van der Waals surface area contributed by atoms with Gasteiger partial charge in [0.15, 0.2) is 0 Å². The van der Waals surface area contributed by atoms with Crippen LogP contribution in [-0.2, 0) is 17.8 Å². The second kappa shape index (κ2) is 11.3. The van der Waals surface area contributed by atoms with Crippen molar-refractivity contribution in [3.63, 3.8) is 0 Å². The zero-order valence-electron chi connectivity index (χ0n) is 21.8. The molecule has 7 nitrogen and oxygen atoms in total. The van der Waals surface area contributed by atoms with Gasteiger partial charge in [-0.1, -0.05) is 30.3 Å². The molecule has 2 amide bonds. The largest absolute Gasteiger partial charge is 0.361 e. The fraction of sp³-hybridized carbons (Fsp3) is 0.367. The van der Waals surface area contributed by atoms with Gasteiger partial charge in [-0.2, -0.15) is 0 Å². The topological polar surface area (TPSA) is 72.5 Å². The number of thiazole rings is 1. The van der Waals surface area contributed by atoms with E-state index < -0.39 is 0 Å². The zero-order valence-corrected chi connectivity index (χ0v) is 22.6. The number of nitrogens with zero attached hydrogens (tertiary/aromatic N) is 4. The summed E-state index contributed by atoms with van der Waals surface area (Å²) in [5.74, 6) is 0.204. The predicted molar refractivity (Wildman–Crippen MR) is 150 cm³/mol. The lowest BCUT2D eigenvalue weighted by atomic mass is 9.97. The number of likely N-dealkylation sites (tertiary alicyclic amines) is 1. The molecular formula is C30H32FN5O2S. The van der Waals surface area contributed by atoms with Crippen LogP contribution in [-0.4, -0.2) is 75.8 Å². The molecule has 2 aliphatic heterocycles. The van der Waals surface area contributed by atoms with Crippen molar-refractivity contribution >= 4 is 34.1 Å². The van der Waals surface area contributed by atoms with Gasteiger partial charge in [-0.25, -0.2) is 9.37 Å². The Kier molecular flexibility index (Phi) is 7.43. The number of hydrogen-bond donors (Lipinski definition) is 1. The van der Waals surface area contributed by atoms with Crippen molar-refractivity contribution in [3.05, 3.63) is 87.8 Å². The normalized spacial score (nSPS) is 17.2. The first kappa shape index (κ1) is 25.7. The SMILES string of the molecule is O=C(Cc1c[nH]c2ccccc12)N1CCC(c2nc(C(=O)N3CCN(Cc4ccc(F)cc4)CC3)cs2)CC1. The van der Waals surface area contributed by atoms with Gasteiger partial charge in [0, 0.05) is 74.2 Å². The van der Waals surface area contributed by atoms with Gasteiger partial charge in [-0.05, 0) is 42.2 Å². The van der Waals surface area contributed by atoms with Gasteiger partial charge in [0.2, 0.25) is 5.91 Å². The summed E-state index contributed by atoms with van der Waals surface area (Å²) < 4.78 is 13.2. The number of carbonyl (C=O) groups excluding carboxylic acids is 2. The van der Waals surface area contributed by atoms with E-state index in [0.29, 0.717) is 38.3 Å². The van der Waals surface area contributed by atoms with Crippen molar-refractivity contribution in [1.82, 2.24) is 24.7 Å². The number of aromatic nitrogens is 2. The predicted octanol–water partition coefficient (Wildman–Crippen LogP) is 4.67. The Labute approximate surface area is 231 Å². The van der Waals surface area contributed by atoms with E-state index in [1.165, 1.54) is 12.1 Å². The number of para-hydroxylation sites is 1. The van der Waals surface area contributed by atoms with E-state index in [9.17, 15) is 14.0 Å². The first-order valence-electron chi connectivity index (χ1n) is 13.6. The molecule has 2 fully saturated rings. The van der Waals surface area contributed by atoms with E-state index in [1.54, 1.807) is 11.3 Å². The Hall–Kier alpha value is -3.56. The smallest absolute Gasteiger partial charge is 0.273 e. The maximum Gasteiger partial charge on any atom is 0.273 e. The molecule has 0 saturated carbocycles. The van der Waals surface area contributed by atoms with Crippen LogP contribution in [0.3, 0.4) is 0 Å². The summed E-state index contributed by atoms with van der Waals surface area (Å²) in [6.45, 7) is 5.06. The zero-order chi connectivity index (χ0) is 26.8. The minimum absolute atomic E-state index is 0.00900. The summed E-state index contributed by atoms with van der Waals surface area (Å²) in [4.78, 5) is 40.3. The third-order valence-electron chi connectivity index (χ3n) is 7.93. The molecule has 2 aromatic carbocycles. The summed E-state index contributed by atoms with van der Waals surface area (Å²) in [6, 6.07) is 14.7. The van der Waals surface area contributed by atoms with Gasteiger partial charge >= 0.3 is 0 Å². The van der Waals surface area contributed by atoms with Crippen LogP contribution in [0.2, 0.25) is 0 Å². The second-order valence-corrected chi connectivity index (χ2v) is 11.3. The number of carbonyl (C=O) groups is 2. The minimum atomic E-state index is -0.225. The van der Waals surface area contributed by atoms with E-state index in [1.807, 2.05) is 51.7 Å². The van der Waals surface area contributed by atoms with Crippen molar-refractivity contribution in [2.75, 3.05) is 39.3 Å². The first-order valence-corrected chi connectivity index (χ1v) is 14.5. The molecule has 0 unspecified atom stereocenters. The summed E-state index contributed by atoms with van der Waals surface area (Å²) in [6.07, 6.45) is 4.07. The fourth-order valence-corrected chi connectivity index (χ4v) is 6.59. The van der Waals surface area contributed by atoms with Gasteiger partial charge in [0.05, 0.1) is 11.4 Å². The highest BCUT2D eigenvalue weighted by Gasteiger charge is 2.28. The number of halogens is 1. The number of H-pyrrole nitrogens is 1. The molecule has 4 heterocycles. The molecular weight excluding hydrogens is 513 g/mol. The van der Waals surface area contributed by atoms with Crippen LogP contribution < -0.4 is 0 Å². The lowest BCUT2D eigenvalue weighted by Crippen LogP contribution is -2.48. The van der Waals surface area contributed by atoms with Crippen LogP contribution in [0, 0.1) is 5.82 Å². The van der Waals surface area contributed by atoms with Gasteiger partial charge < -0.3 is 14.8 Å². The molecule has 0 bridgehead atoms. The van der Waals surface area contributed by atoms with Crippen molar-refractivity contribution < 1.29 is 14.0 Å². The number of amides is 2. The Morgan fingerprint density at radius 3 is 2.46 bits per heavy atom. The maximum absolute atomic E-state index is 13.2. The monoisotopic (exact) mass is 545 g/mol. The lowest BCUT2D eigenvalue weighted by Gasteiger charge is -2.34. The van der Waals surface area contributed by atoms with E-state index in [0.717, 1.165) is 59.5 Å². The average molecular weight is 546 g/mol. The molecule has 0 radical (unpaired) electrons. The van der Waals surface area contributed by atoms with Crippen LogP contribution in [0.4, 0.5) is 4.39 Å². The molecule has 202 valence electrons. The third kappa shape index (κ3) is 5.74. The third-order valence-corrected chi connectivity index (χ3v) is 8.94. The molecule has 4 aromatic rings. The molecule has 9 heteroatoms. The number of piperidine rings is 1. The highest BCUT2D eigenvalue weighted by molar-refractivity contribution is 7.09. The Morgan fingerprint density at radius 1 is 0.949 bits per heavy atom. The number of rotatable bonds is 6. The first-order chi connectivity index (χ1) is 19.0. The number of fused-ring (bicyclic) bond motifs is 1. The quantitative estimate of drug-likeness (QED) is 0.382. The van der Waals surface area contributed by atoms with Crippen molar-refractivity contribution in [2.45, 2.75) is 31.7 Å². The van der Waals surface area contributed by atoms with Crippen LogP contribution in [0.5, 0.6) is 0 Å². The number of nitrogens with one attached hydrogen (secondary N) is 1. The van der Waals surface area contributed by atoms with E-state index in [-0.39, 0.29) is 23.5 Å². The van der Waals surface area contributed by atoms with Gasteiger partial charge in [0.25, 0.3) is 5.91 Å². The Bertz CT molecular complexity index is 1450. The molecule has 2 saturated heterocycles. The lowest BCUT2D eigenvalue weighted by molar-refractivity contribution is -0.131. The molecule has 0 atom stereocenters. The molecule has 0 aliphatic carbocycles. The minimum Gasteiger partial charge on any atom is -0.361 e. The van der Waals surface area contributed by atoms with Crippen LogP contribution in [0.15, 0.2) is 60.1 Å². The van der Waals surface area contributed by atoms with Crippen molar-refractivity contribution in [3.8, 4) is 0 Å². The van der Waals surface area contributed by atoms with E-state index in [4.69, 9.17) is 4.98 Å². The highest BCUT2D eigenvalue weighted by atomic mass is 32.1. The van der Waals surface area contributed by atoms with Crippen molar-refractivity contribution in [1.29, 1.82) is 0 Å². The van der Waals surface area contributed by atoms with Gasteiger partial charge in [0.1, 0.15) is 11.5 Å². The Balaban J connectivity index is 0.985. The number of benzene rings is 2. The molecule has 1 N–H and O–H groups in total. The van der Waals surface area contributed by atoms with Crippen LogP contribution >= 0.6 is 11.3 Å². The molecule has 39 heavy (non-hydrogen) atoms. The molecule has 2 aliphatic rings. The van der Waals surface area contributed by atoms with Gasteiger partial charge in [-0.3, -0.25) is 14.5 Å². The second-order valence-electron chi connectivity index (χ2n) is 10.5. The fourth-order valence-electron chi connectivity index (χ4n) is 5.62. The van der Waals surface area contributed by atoms with Crippen LogP contribution in [0.25, 0.3) is 10.9 Å². The van der Waals surface area contributed by atoms with Crippen molar-refractivity contribution in [2.24, 2.45) is 0 Å². The molecule has 2 aromatic heterocycles. The summed E-state index contributed by atoms with van der Waals surface area (Å²) >= 11 is 1.56. The highest BCUT2D eigenvalue weighted by Crippen LogP contribution is 2.31. The maximum atomic E-state index is 13.2. The van der Waals surface area contributed by atoms with Crippen LogP contribution in [0.1, 0.15) is 45.4 Å². The van der Waals surface area contributed by atoms with E-state index >= 15 is 0 Å². The number of hydrogen-bond acceptors (Lipinski definition) is 5. The summed E-state index contributed by atoms with van der Waals surface area (Å²) in [5, 5.41) is 3.99. The van der Waals surface area contributed by atoms with E-state index in [2.05, 4.69) is 16.0 Å². The molecule has 0 spiro atoms. The number of aromatic amines is 1. The average Bonchev–Trinajstić information content (AvgIpc) is 3.63. The van der Waals surface area contributed by atoms with Gasteiger partial charge in [-0.15, -0.1) is 11.3 Å². The summed E-state index contributed by atoms with van der Waals surface area (Å²) in [7, 11) is 0. The Morgan fingerprint density at radius 2 is 1.69 bits per heavy atom. The molecule has 6 rings (SSSR count).